The summed E-state index contributed by atoms with van der Waals surface area (Å²) in [7, 11) is 0. The van der Waals surface area contributed by atoms with Gasteiger partial charge in [0.25, 0.3) is 0 Å². The Morgan fingerprint density at radius 2 is 1.72 bits per heavy atom. The fourth-order valence-corrected chi connectivity index (χ4v) is 3.19. The molecular weight excluding hydrogens is 479 g/mol. The van der Waals surface area contributed by atoms with E-state index in [9.17, 15) is 5.11 Å². The molecule has 2 rings (SSSR count). The van der Waals surface area contributed by atoms with Crippen LogP contribution in [0, 0.1) is 0 Å². The molecule has 1 heterocycles. The first kappa shape index (κ1) is 26.1. The minimum absolute atomic E-state index is 0. The van der Waals surface area contributed by atoms with Crippen LogP contribution in [0.2, 0.25) is 0 Å². The summed E-state index contributed by atoms with van der Waals surface area (Å²) in [6.07, 6.45) is 0. The normalized spacial score (nSPS) is 17.9. The lowest BCUT2D eigenvalue weighted by atomic mass is 9.87. The highest BCUT2D eigenvalue weighted by atomic mass is 127. The predicted molar refractivity (Wildman–Crippen MR) is 131 cm³/mol. The number of aliphatic hydroxyl groups is 1. The fourth-order valence-electron chi connectivity index (χ4n) is 3.19. The van der Waals surface area contributed by atoms with Gasteiger partial charge in [0.05, 0.1) is 25.4 Å². The molecule has 1 aliphatic heterocycles. The van der Waals surface area contributed by atoms with Crippen LogP contribution in [0.5, 0.6) is 0 Å². The van der Waals surface area contributed by atoms with Crippen LogP contribution in [-0.2, 0) is 16.7 Å². The summed E-state index contributed by atoms with van der Waals surface area (Å²) in [5, 5.41) is 17.3. The zero-order chi connectivity index (χ0) is 20.6. The predicted octanol–water partition coefficient (Wildman–Crippen LogP) is 2.74. The SMILES string of the molecule is CCNC(=NCc1ccc(C(C)(C)C)cc1)NCC(C)(O)CN1CCOCC1.I. The highest BCUT2D eigenvalue weighted by molar-refractivity contribution is 14.0. The Balaban J connectivity index is 0.00000420. The van der Waals surface area contributed by atoms with Crippen LogP contribution in [0.1, 0.15) is 45.7 Å². The molecule has 29 heavy (non-hydrogen) atoms. The van der Waals surface area contributed by atoms with Crippen LogP contribution >= 0.6 is 24.0 Å². The van der Waals surface area contributed by atoms with E-state index in [1.54, 1.807) is 0 Å². The number of morpholine rings is 1. The summed E-state index contributed by atoms with van der Waals surface area (Å²) in [6, 6.07) is 8.64. The summed E-state index contributed by atoms with van der Waals surface area (Å²) in [6.45, 7) is 16.2. The van der Waals surface area contributed by atoms with Gasteiger partial charge in [-0.1, -0.05) is 45.0 Å². The van der Waals surface area contributed by atoms with Gasteiger partial charge in [-0.3, -0.25) is 4.90 Å². The lowest BCUT2D eigenvalue weighted by molar-refractivity contribution is -0.0201. The van der Waals surface area contributed by atoms with Gasteiger partial charge in [-0.25, -0.2) is 4.99 Å². The molecule has 1 atom stereocenters. The smallest absolute Gasteiger partial charge is 0.191 e. The van der Waals surface area contributed by atoms with Crippen molar-refractivity contribution in [3.8, 4) is 0 Å². The maximum Gasteiger partial charge on any atom is 0.191 e. The number of hydrogen-bond acceptors (Lipinski definition) is 4. The van der Waals surface area contributed by atoms with E-state index in [4.69, 9.17) is 4.74 Å². The zero-order valence-electron chi connectivity index (χ0n) is 18.6. The number of guanidine groups is 1. The first-order valence-corrected chi connectivity index (χ1v) is 10.3. The van der Waals surface area contributed by atoms with Crippen LogP contribution in [0.15, 0.2) is 29.3 Å². The standard InChI is InChI=1S/C22H38N4O2.HI/c1-6-23-20(24-15-18-7-9-19(10-8-18)21(2,3)4)25-16-22(5,27)17-26-11-13-28-14-12-26;/h7-10,27H,6,11-17H2,1-5H3,(H2,23,24,25);1H. The van der Waals surface area contributed by atoms with E-state index in [0.29, 0.717) is 19.6 Å². The fraction of sp³-hybridized carbons (Fsp3) is 0.682. The van der Waals surface area contributed by atoms with Crippen molar-refractivity contribution in [3.05, 3.63) is 35.4 Å². The van der Waals surface area contributed by atoms with Gasteiger partial charge in [0.2, 0.25) is 0 Å². The molecule has 1 aliphatic rings. The molecule has 0 bridgehead atoms. The molecule has 3 N–H and O–H groups in total. The molecule has 0 aliphatic carbocycles. The molecule has 1 unspecified atom stereocenters. The second kappa shape index (κ2) is 12.1. The summed E-state index contributed by atoms with van der Waals surface area (Å²) >= 11 is 0. The first-order valence-electron chi connectivity index (χ1n) is 10.3. The maximum atomic E-state index is 10.7. The van der Waals surface area contributed by atoms with Gasteiger partial charge in [-0.05, 0) is 30.4 Å². The summed E-state index contributed by atoms with van der Waals surface area (Å²) in [5.41, 5.74) is 1.82. The Hall–Kier alpha value is -0.900. The Morgan fingerprint density at radius 1 is 1.10 bits per heavy atom. The molecule has 0 radical (unpaired) electrons. The molecule has 0 saturated carbocycles. The van der Waals surface area contributed by atoms with Gasteiger partial charge in [0, 0.05) is 32.7 Å². The largest absolute Gasteiger partial charge is 0.387 e. The highest BCUT2D eigenvalue weighted by Gasteiger charge is 2.25. The van der Waals surface area contributed by atoms with Gasteiger partial charge in [0.1, 0.15) is 0 Å². The molecule has 1 aromatic carbocycles. The van der Waals surface area contributed by atoms with Crippen molar-refractivity contribution in [1.29, 1.82) is 0 Å². The third kappa shape index (κ3) is 9.63. The van der Waals surface area contributed by atoms with E-state index < -0.39 is 5.60 Å². The van der Waals surface area contributed by atoms with Crippen molar-refractivity contribution in [2.75, 3.05) is 45.9 Å². The Morgan fingerprint density at radius 3 is 2.28 bits per heavy atom. The topological polar surface area (TPSA) is 69.1 Å². The van der Waals surface area contributed by atoms with E-state index >= 15 is 0 Å². The van der Waals surface area contributed by atoms with Crippen LogP contribution in [-0.4, -0.2) is 67.5 Å². The monoisotopic (exact) mass is 518 g/mol. The van der Waals surface area contributed by atoms with Crippen molar-refractivity contribution in [2.45, 2.75) is 52.2 Å². The molecule has 7 heteroatoms. The van der Waals surface area contributed by atoms with Crippen LogP contribution in [0.25, 0.3) is 0 Å². The summed E-state index contributed by atoms with van der Waals surface area (Å²) < 4.78 is 5.38. The third-order valence-electron chi connectivity index (χ3n) is 4.89. The number of β-amino-alcohol motifs (C(OH)–C–C–N with tert-alkyl or cyclic N) is 1. The Bertz CT molecular complexity index is 621. The first-order chi connectivity index (χ1) is 13.2. The maximum absolute atomic E-state index is 10.7. The molecule has 6 nitrogen and oxygen atoms in total. The number of benzene rings is 1. The number of hydrogen-bond donors (Lipinski definition) is 3. The Labute approximate surface area is 193 Å². The number of ether oxygens (including phenoxy) is 1. The van der Waals surface area contributed by atoms with Gasteiger partial charge in [-0.15, -0.1) is 24.0 Å². The van der Waals surface area contributed by atoms with E-state index in [1.165, 1.54) is 11.1 Å². The second-order valence-corrected chi connectivity index (χ2v) is 8.88. The van der Waals surface area contributed by atoms with Crippen molar-refractivity contribution in [3.63, 3.8) is 0 Å². The Kier molecular flexibility index (Phi) is 10.9. The molecule has 0 amide bonds. The van der Waals surface area contributed by atoms with E-state index in [0.717, 1.165) is 38.8 Å². The van der Waals surface area contributed by atoms with Crippen molar-refractivity contribution in [2.24, 2.45) is 4.99 Å². The van der Waals surface area contributed by atoms with Crippen molar-refractivity contribution >= 4 is 29.9 Å². The number of nitrogens with one attached hydrogen (secondary N) is 2. The molecule has 166 valence electrons. The van der Waals surface area contributed by atoms with Gasteiger partial charge < -0.3 is 20.5 Å². The third-order valence-corrected chi connectivity index (χ3v) is 4.89. The minimum atomic E-state index is -0.831. The lowest BCUT2D eigenvalue weighted by Gasteiger charge is -2.34. The molecule has 1 fully saturated rings. The van der Waals surface area contributed by atoms with E-state index in [2.05, 4.69) is 65.6 Å². The van der Waals surface area contributed by atoms with Crippen LogP contribution in [0.4, 0.5) is 0 Å². The quantitative estimate of drug-likeness (QED) is 0.294. The van der Waals surface area contributed by atoms with E-state index in [-0.39, 0.29) is 29.4 Å². The summed E-state index contributed by atoms with van der Waals surface area (Å²) in [5.74, 6) is 0.727. The van der Waals surface area contributed by atoms with Crippen LogP contribution < -0.4 is 10.6 Å². The van der Waals surface area contributed by atoms with Gasteiger partial charge in [-0.2, -0.15) is 0 Å². The number of halogens is 1. The minimum Gasteiger partial charge on any atom is -0.387 e. The molecule has 1 aromatic rings. The van der Waals surface area contributed by atoms with E-state index in [1.807, 2.05) is 13.8 Å². The van der Waals surface area contributed by atoms with Crippen LogP contribution in [0.3, 0.4) is 0 Å². The lowest BCUT2D eigenvalue weighted by Crippen LogP contribution is -2.52. The van der Waals surface area contributed by atoms with Crippen molar-refractivity contribution in [1.82, 2.24) is 15.5 Å². The molecule has 0 aromatic heterocycles. The van der Waals surface area contributed by atoms with Gasteiger partial charge >= 0.3 is 0 Å². The average Bonchev–Trinajstić information content (AvgIpc) is 2.64. The average molecular weight is 518 g/mol. The second-order valence-electron chi connectivity index (χ2n) is 8.88. The summed E-state index contributed by atoms with van der Waals surface area (Å²) in [4.78, 5) is 6.92. The molecule has 0 spiro atoms. The van der Waals surface area contributed by atoms with Gasteiger partial charge in [0.15, 0.2) is 5.96 Å². The molecular formula is C22H39IN4O2. The van der Waals surface area contributed by atoms with Crippen molar-refractivity contribution < 1.29 is 9.84 Å². The number of aliphatic imine (C=N–C) groups is 1. The highest BCUT2D eigenvalue weighted by Crippen LogP contribution is 2.22. The zero-order valence-corrected chi connectivity index (χ0v) is 21.0. The number of rotatable bonds is 7. The number of nitrogens with zero attached hydrogens (tertiary/aromatic N) is 2. The molecule has 1 saturated heterocycles.